The minimum absolute atomic E-state index is 0.0834. The maximum absolute atomic E-state index is 12.8. The van der Waals surface area contributed by atoms with Crippen molar-refractivity contribution < 1.29 is 19.0 Å². The number of ether oxygens (including phenoxy) is 2. The second-order valence-corrected chi connectivity index (χ2v) is 8.83. The third-order valence-corrected chi connectivity index (χ3v) is 6.35. The number of aliphatic hydroxyl groups excluding tert-OH is 1. The van der Waals surface area contributed by atoms with Crippen LogP contribution in [0.4, 0.5) is 0 Å². The molecule has 0 bridgehead atoms. The van der Waals surface area contributed by atoms with Crippen molar-refractivity contribution in [3.05, 3.63) is 83.0 Å². The minimum Gasteiger partial charge on any atom is -0.492 e. The van der Waals surface area contributed by atoms with Crippen molar-refractivity contribution in [2.24, 2.45) is 0 Å². The molecule has 1 atom stereocenters. The van der Waals surface area contributed by atoms with Crippen LogP contribution in [-0.4, -0.2) is 73.5 Å². The number of hydrogen-bond donors (Lipinski definition) is 1. The molecule has 1 fully saturated rings. The monoisotopic (exact) mass is 474 g/mol. The molecular weight excluding hydrogens is 444 g/mol. The first-order valence-electron chi connectivity index (χ1n) is 12.1. The summed E-state index contributed by atoms with van der Waals surface area (Å²) in [4.78, 5) is 17.5. The van der Waals surface area contributed by atoms with Crippen LogP contribution in [0, 0.1) is 0 Å². The van der Waals surface area contributed by atoms with E-state index in [4.69, 9.17) is 13.9 Å². The molecule has 1 aliphatic rings. The Kier molecular flexibility index (Phi) is 7.28. The molecule has 1 N–H and O–H groups in total. The standard InChI is InChI=1S/C28H30N2O5/c31-21(19-30-15-13-29(14-16-30)17-18-33-22-7-2-1-3-8-22)20-34-26-12-6-10-24-27(32)23-9-4-5-11-25(23)35-28(24)26/h1-12,21,31H,13-20H2. The van der Waals surface area contributed by atoms with E-state index in [9.17, 15) is 9.90 Å². The molecule has 3 aromatic carbocycles. The number of nitrogens with zero attached hydrogens (tertiary/aromatic N) is 2. The topological polar surface area (TPSA) is 75.4 Å². The van der Waals surface area contributed by atoms with E-state index < -0.39 is 6.10 Å². The van der Waals surface area contributed by atoms with Crippen molar-refractivity contribution in [3.63, 3.8) is 0 Å². The lowest BCUT2D eigenvalue weighted by Gasteiger charge is -2.35. The van der Waals surface area contributed by atoms with Crippen LogP contribution < -0.4 is 14.9 Å². The molecule has 0 amide bonds. The van der Waals surface area contributed by atoms with E-state index in [1.165, 1.54) is 0 Å². The SMILES string of the molecule is O=c1c2ccccc2oc2c(OCC(O)CN3CCN(CCOc4ccccc4)CC3)cccc12. The van der Waals surface area contributed by atoms with Gasteiger partial charge in [0.1, 0.15) is 30.7 Å². The summed E-state index contributed by atoms with van der Waals surface area (Å²) >= 11 is 0. The van der Waals surface area contributed by atoms with Crippen molar-refractivity contribution in [1.29, 1.82) is 0 Å². The smallest absolute Gasteiger partial charge is 0.200 e. The van der Waals surface area contributed by atoms with Gasteiger partial charge < -0.3 is 19.0 Å². The number of β-amino-alcohol motifs (C(OH)–C–C–N with tert-alkyl or cyclic N) is 1. The van der Waals surface area contributed by atoms with E-state index in [1.807, 2.05) is 42.5 Å². The third kappa shape index (κ3) is 5.65. The molecule has 0 radical (unpaired) electrons. The number of para-hydroxylation sites is 3. The highest BCUT2D eigenvalue weighted by atomic mass is 16.5. The lowest BCUT2D eigenvalue weighted by molar-refractivity contribution is 0.0437. The van der Waals surface area contributed by atoms with E-state index in [-0.39, 0.29) is 12.0 Å². The molecule has 0 spiro atoms. The molecule has 1 saturated heterocycles. The van der Waals surface area contributed by atoms with Gasteiger partial charge in [0.25, 0.3) is 0 Å². The highest BCUT2D eigenvalue weighted by Crippen LogP contribution is 2.27. The van der Waals surface area contributed by atoms with Crippen LogP contribution in [0.1, 0.15) is 0 Å². The van der Waals surface area contributed by atoms with E-state index in [0.717, 1.165) is 38.5 Å². The van der Waals surface area contributed by atoms with Gasteiger partial charge in [-0.05, 0) is 36.4 Å². The van der Waals surface area contributed by atoms with Crippen LogP contribution in [-0.2, 0) is 0 Å². The fourth-order valence-electron chi connectivity index (χ4n) is 4.45. The Balaban J connectivity index is 1.11. The fraction of sp³-hybridized carbons (Fsp3) is 0.321. The Morgan fingerprint density at radius 3 is 2.37 bits per heavy atom. The van der Waals surface area contributed by atoms with Gasteiger partial charge >= 0.3 is 0 Å². The number of hydrogen-bond acceptors (Lipinski definition) is 7. The summed E-state index contributed by atoms with van der Waals surface area (Å²) in [5, 5.41) is 11.6. The largest absolute Gasteiger partial charge is 0.492 e. The van der Waals surface area contributed by atoms with Crippen molar-refractivity contribution in [3.8, 4) is 11.5 Å². The van der Waals surface area contributed by atoms with Crippen molar-refractivity contribution in [2.75, 3.05) is 52.5 Å². The van der Waals surface area contributed by atoms with E-state index in [2.05, 4.69) is 9.80 Å². The maximum atomic E-state index is 12.8. The van der Waals surface area contributed by atoms with Crippen LogP contribution >= 0.6 is 0 Å². The van der Waals surface area contributed by atoms with Gasteiger partial charge in [-0.15, -0.1) is 0 Å². The highest BCUT2D eigenvalue weighted by molar-refractivity contribution is 5.92. The number of benzene rings is 3. The van der Waals surface area contributed by atoms with Crippen LogP contribution in [0.3, 0.4) is 0 Å². The average molecular weight is 475 g/mol. The van der Waals surface area contributed by atoms with Crippen LogP contribution in [0.5, 0.6) is 11.5 Å². The molecule has 5 rings (SSSR count). The second-order valence-electron chi connectivity index (χ2n) is 8.83. The third-order valence-electron chi connectivity index (χ3n) is 6.35. The molecule has 0 aliphatic carbocycles. The lowest BCUT2D eigenvalue weighted by atomic mass is 10.1. The van der Waals surface area contributed by atoms with Gasteiger partial charge in [0.2, 0.25) is 5.43 Å². The molecule has 1 unspecified atom stereocenters. The predicted octanol–water partition coefficient (Wildman–Crippen LogP) is 3.38. The first-order chi connectivity index (χ1) is 17.2. The van der Waals surface area contributed by atoms with Gasteiger partial charge in [-0.3, -0.25) is 14.6 Å². The molecule has 0 saturated carbocycles. The molecular formula is C28H30N2O5. The van der Waals surface area contributed by atoms with Gasteiger partial charge in [-0.1, -0.05) is 36.4 Å². The molecule has 7 heteroatoms. The minimum atomic E-state index is -0.648. The van der Waals surface area contributed by atoms with Crippen molar-refractivity contribution in [1.82, 2.24) is 9.80 Å². The molecule has 35 heavy (non-hydrogen) atoms. The Morgan fingerprint density at radius 2 is 1.54 bits per heavy atom. The summed E-state index contributed by atoms with van der Waals surface area (Å²) in [5.41, 5.74) is 0.850. The van der Waals surface area contributed by atoms with E-state index in [1.54, 1.807) is 30.3 Å². The molecule has 2 heterocycles. The summed E-state index contributed by atoms with van der Waals surface area (Å²) in [5.74, 6) is 1.36. The number of fused-ring (bicyclic) bond motifs is 2. The fourth-order valence-corrected chi connectivity index (χ4v) is 4.45. The number of piperazine rings is 1. The first-order valence-corrected chi connectivity index (χ1v) is 12.1. The average Bonchev–Trinajstić information content (AvgIpc) is 2.89. The normalized spacial score (nSPS) is 15.9. The van der Waals surface area contributed by atoms with E-state index >= 15 is 0 Å². The second kappa shape index (κ2) is 10.9. The molecule has 1 aromatic heterocycles. The van der Waals surface area contributed by atoms with Crippen LogP contribution in [0.2, 0.25) is 0 Å². The summed E-state index contributed by atoms with van der Waals surface area (Å²) in [6.45, 7) is 5.86. The molecule has 1 aliphatic heterocycles. The van der Waals surface area contributed by atoms with Crippen molar-refractivity contribution >= 4 is 21.9 Å². The molecule has 4 aromatic rings. The van der Waals surface area contributed by atoms with Gasteiger partial charge in [-0.25, -0.2) is 0 Å². The number of aliphatic hydroxyl groups is 1. The Bertz CT molecular complexity index is 1320. The molecule has 7 nitrogen and oxygen atoms in total. The van der Waals surface area contributed by atoms with E-state index in [0.29, 0.717) is 40.8 Å². The zero-order valence-corrected chi connectivity index (χ0v) is 19.6. The highest BCUT2D eigenvalue weighted by Gasteiger charge is 2.20. The van der Waals surface area contributed by atoms with Gasteiger partial charge in [0.05, 0.1) is 10.8 Å². The Hall–Kier alpha value is -3.39. The lowest BCUT2D eigenvalue weighted by Crippen LogP contribution is -2.50. The summed E-state index contributed by atoms with van der Waals surface area (Å²) < 4.78 is 17.7. The zero-order chi connectivity index (χ0) is 24.0. The quantitative estimate of drug-likeness (QED) is 0.373. The summed E-state index contributed by atoms with van der Waals surface area (Å²) in [6, 6.07) is 22.3. The Labute approximate surface area is 204 Å². The van der Waals surface area contributed by atoms with Crippen molar-refractivity contribution in [2.45, 2.75) is 6.10 Å². The van der Waals surface area contributed by atoms with Crippen LogP contribution in [0.15, 0.2) is 82.0 Å². The summed E-state index contributed by atoms with van der Waals surface area (Å²) in [7, 11) is 0. The van der Waals surface area contributed by atoms with Crippen LogP contribution in [0.25, 0.3) is 21.9 Å². The Morgan fingerprint density at radius 1 is 0.829 bits per heavy atom. The first kappa shape index (κ1) is 23.4. The van der Waals surface area contributed by atoms with Gasteiger partial charge in [0, 0.05) is 39.3 Å². The maximum Gasteiger partial charge on any atom is 0.200 e. The van der Waals surface area contributed by atoms with Gasteiger partial charge in [0.15, 0.2) is 11.3 Å². The van der Waals surface area contributed by atoms with Gasteiger partial charge in [-0.2, -0.15) is 0 Å². The predicted molar refractivity (Wildman–Crippen MR) is 136 cm³/mol. The number of rotatable bonds is 9. The molecule has 182 valence electrons. The zero-order valence-electron chi connectivity index (χ0n) is 19.6. The summed E-state index contributed by atoms with van der Waals surface area (Å²) in [6.07, 6.45) is -0.648.